The first kappa shape index (κ1) is 17.0. The number of amides is 3. The maximum Gasteiger partial charge on any atom is 0.319 e. The maximum absolute atomic E-state index is 12.9. The molecular formula is C20H23N3O2. The van der Waals surface area contributed by atoms with E-state index in [9.17, 15) is 9.59 Å². The number of hydrogen-bond acceptors (Lipinski definition) is 2. The molecule has 5 heteroatoms. The molecular weight excluding hydrogens is 314 g/mol. The number of carbonyl (C=O) groups excluding carboxylic acids is 2. The van der Waals surface area contributed by atoms with Crippen molar-refractivity contribution >= 4 is 23.3 Å². The Morgan fingerprint density at radius 1 is 1.08 bits per heavy atom. The van der Waals surface area contributed by atoms with Crippen LogP contribution in [0.3, 0.4) is 0 Å². The van der Waals surface area contributed by atoms with Gasteiger partial charge in [0.15, 0.2) is 0 Å². The molecule has 1 heterocycles. The number of nitrogens with zero attached hydrogens (tertiary/aromatic N) is 1. The minimum Gasteiger partial charge on any atom is -0.336 e. The third-order valence-electron chi connectivity index (χ3n) is 4.24. The van der Waals surface area contributed by atoms with Crippen molar-refractivity contribution in [3.05, 3.63) is 59.7 Å². The van der Waals surface area contributed by atoms with Gasteiger partial charge in [-0.1, -0.05) is 18.2 Å². The first-order valence-corrected chi connectivity index (χ1v) is 8.54. The second-order valence-electron chi connectivity index (χ2n) is 6.69. The van der Waals surface area contributed by atoms with Crippen LogP contribution in [-0.4, -0.2) is 24.0 Å². The molecule has 1 aliphatic heterocycles. The Bertz CT molecular complexity index is 784. The van der Waals surface area contributed by atoms with Crippen molar-refractivity contribution in [1.29, 1.82) is 0 Å². The van der Waals surface area contributed by atoms with Gasteiger partial charge < -0.3 is 15.5 Å². The Hall–Kier alpha value is -2.82. The quantitative estimate of drug-likeness (QED) is 0.895. The van der Waals surface area contributed by atoms with Crippen molar-refractivity contribution in [3.8, 4) is 0 Å². The summed E-state index contributed by atoms with van der Waals surface area (Å²) in [5, 5.41) is 5.52. The summed E-state index contributed by atoms with van der Waals surface area (Å²) in [6, 6.07) is 15.0. The smallest absolute Gasteiger partial charge is 0.319 e. The Morgan fingerprint density at radius 3 is 2.44 bits per heavy atom. The number of hydrogen-bond donors (Lipinski definition) is 2. The highest BCUT2D eigenvalue weighted by molar-refractivity contribution is 6.08. The van der Waals surface area contributed by atoms with Gasteiger partial charge in [-0.3, -0.25) is 4.79 Å². The van der Waals surface area contributed by atoms with Gasteiger partial charge in [-0.15, -0.1) is 0 Å². The van der Waals surface area contributed by atoms with Crippen LogP contribution >= 0.6 is 0 Å². The molecule has 0 unspecified atom stereocenters. The molecule has 0 fully saturated rings. The highest BCUT2D eigenvalue weighted by atomic mass is 16.2. The fourth-order valence-electron chi connectivity index (χ4n) is 3.14. The predicted molar refractivity (Wildman–Crippen MR) is 100 cm³/mol. The molecule has 5 nitrogen and oxygen atoms in total. The van der Waals surface area contributed by atoms with E-state index in [-0.39, 0.29) is 24.0 Å². The molecule has 0 saturated heterocycles. The van der Waals surface area contributed by atoms with Crippen LogP contribution in [0.5, 0.6) is 0 Å². The lowest BCUT2D eigenvalue weighted by Crippen LogP contribution is -2.35. The normalized spacial score (nSPS) is 15.8. The van der Waals surface area contributed by atoms with Crippen molar-refractivity contribution < 1.29 is 9.59 Å². The van der Waals surface area contributed by atoms with Gasteiger partial charge in [0.1, 0.15) is 0 Å². The number of nitrogens with one attached hydrogen (secondary N) is 2. The van der Waals surface area contributed by atoms with Crippen molar-refractivity contribution in [3.63, 3.8) is 0 Å². The van der Waals surface area contributed by atoms with Crippen molar-refractivity contribution in [2.24, 2.45) is 0 Å². The van der Waals surface area contributed by atoms with Crippen LogP contribution in [0.2, 0.25) is 0 Å². The lowest BCUT2D eigenvalue weighted by molar-refractivity contribution is 0.0981. The standard InChI is InChI=1S/C20H23N3O2/c1-13(2)21-20(25)22-17-10-8-15(9-11-17)19(24)23-14(3)12-16-6-4-5-7-18(16)23/h4-11,13-14H,12H2,1-3H3,(H2,21,22,25)/t14-/m0/s1. The van der Waals surface area contributed by atoms with E-state index in [0.717, 1.165) is 12.1 Å². The Labute approximate surface area is 148 Å². The fraction of sp³-hybridized carbons (Fsp3) is 0.300. The molecule has 3 rings (SSSR count). The average molecular weight is 337 g/mol. The second kappa shape index (κ2) is 6.97. The van der Waals surface area contributed by atoms with E-state index < -0.39 is 0 Å². The summed E-state index contributed by atoms with van der Waals surface area (Å²) in [4.78, 5) is 26.5. The first-order valence-electron chi connectivity index (χ1n) is 8.54. The van der Waals surface area contributed by atoms with Gasteiger partial charge in [-0.05, 0) is 63.1 Å². The molecule has 0 radical (unpaired) electrons. The van der Waals surface area contributed by atoms with Gasteiger partial charge in [0.2, 0.25) is 0 Å². The predicted octanol–water partition coefficient (Wildman–Crippen LogP) is 3.81. The van der Waals surface area contributed by atoms with Crippen molar-refractivity contribution in [2.75, 3.05) is 10.2 Å². The minimum atomic E-state index is -0.254. The summed E-state index contributed by atoms with van der Waals surface area (Å²) in [5.41, 5.74) is 3.45. The fourth-order valence-corrected chi connectivity index (χ4v) is 3.14. The number of carbonyl (C=O) groups is 2. The molecule has 0 spiro atoms. The first-order chi connectivity index (χ1) is 12.0. The van der Waals surface area contributed by atoms with E-state index >= 15 is 0 Å². The van der Waals surface area contributed by atoms with E-state index in [1.165, 1.54) is 5.56 Å². The van der Waals surface area contributed by atoms with Gasteiger partial charge in [-0.2, -0.15) is 0 Å². The number of fused-ring (bicyclic) bond motifs is 1. The number of para-hydroxylation sites is 1. The Balaban J connectivity index is 1.74. The van der Waals surface area contributed by atoms with E-state index in [1.807, 2.05) is 36.9 Å². The molecule has 2 aromatic rings. The van der Waals surface area contributed by atoms with Gasteiger partial charge in [0.05, 0.1) is 0 Å². The zero-order valence-electron chi connectivity index (χ0n) is 14.7. The summed E-state index contributed by atoms with van der Waals surface area (Å²) in [5.74, 6) is -0.0179. The van der Waals surface area contributed by atoms with Gasteiger partial charge in [-0.25, -0.2) is 4.79 Å². The summed E-state index contributed by atoms with van der Waals surface area (Å²) >= 11 is 0. The number of rotatable bonds is 3. The average Bonchev–Trinajstić information content (AvgIpc) is 2.89. The van der Waals surface area contributed by atoms with Gasteiger partial charge in [0, 0.05) is 29.0 Å². The molecule has 0 saturated carbocycles. The summed E-state index contributed by atoms with van der Waals surface area (Å²) in [6.07, 6.45) is 0.872. The molecule has 0 bridgehead atoms. The van der Waals surface area contributed by atoms with E-state index in [4.69, 9.17) is 0 Å². The molecule has 3 amide bonds. The monoisotopic (exact) mass is 337 g/mol. The lowest BCUT2D eigenvalue weighted by atomic mass is 10.1. The Kier molecular flexibility index (Phi) is 4.74. The van der Waals surface area contributed by atoms with Crippen LogP contribution < -0.4 is 15.5 Å². The molecule has 25 heavy (non-hydrogen) atoms. The third kappa shape index (κ3) is 3.65. The molecule has 1 aliphatic rings. The highest BCUT2D eigenvalue weighted by Crippen LogP contribution is 2.33. The van der Waals surface area contributed by atoms with Crippen LogP contribution in [0.15, 0.2) is 48.5 Å². The van der Waals surface area contributed by atoms with Crippen LogP contribution in [0, 0.1) is 0 Å². The third-order valence-corrected chi connectivity index (χ3v) is 4.24. The SMILES string of the molecule is CC(C)NC(=O)Nc1ccc(C(=O)N2c3ccccc3C[C@@H]2C)cc1. The highest BCUT2D eigenvalue weighted by Gasteiger charge is 2.31. The zero-order valence-corrected chi connectivity index (χ0v) is 14.7. The number of benzene rings is 2. The molecule has 1 atom stereocenters. The minimum absolute atomic E-state index is 0.0179. The van der Waals surface area contributed by atoms with Crippen LogP contribution in [0.4, 0.5) is 16.2 Å². The van der Waals surface area contributed by atoms with E-state index in [0.29, 0.717) is 11.3 Å². The molecule has 0 aromatic heterocycles. The lowest BCUT2D eigenvalue weighted by Gasteiger charge is -2.23. The second-order valence-corrected chi connectivity index (χ2v) is 6.69. The molecule has 2 N–H and O–H groups in total. The number of anilines is 2. The van der Waals surface area contributed by atoms with Crippen LogP contribution in [0.1, 0.15) is 36.7 Å². The van der Waals surface area contributed by atoms with Crippen molar-refractivity contribution in [1.82, 2.24) is 5.32 Å². The Morgan fingerprint density at radius 2 is 1.76 bits per heavy atom. The molecule has 130 valence electrons. The molecule has 2 aromatic carbocycles. The summed E-state index contributed by atoms with van der Waals surface area (Å²) in [6.45, 7) is 5.86. The van der Waals surface area contributed by atoms with E-state index in [2.05, 4.69) is 23.6 Å². The topological polar surface area (TPSA) is 61.4 Å². The summed E-state index contributed by atoms with van der Waals surface area (Å²) < 4.78 is 0. The molecule has 0 aliphatic carbocycles. The van der Waals surface area contributed by atoms with Crippen LogP contribution in [-0.2, 0) is 6.42 Å². The van der Waals surface area contributed by atoms with Crippen LogP contribution in [0.25, 0.3) is 0 Å². The largest absolute Gasteiger partial charge is 0.336 e. The van der Waals surface area contributed by atoms with Gasteiger partial charge >= 0.3 is 6.03 Å². The summed E-state index contributed by atoms with van der Waals surface area (Å²) in [7, 11) is 0. The van der Waals surface area contributed by atoms with E-state index in [1.54, 1.807) is 24.3 Å². The van der Waals surface area contributed by atoms with Gasteiger partial charge in [0.25, 0.3) is 5.91 Å². The van der Waals surface area contributed by atoms with Crippen molar-refractivity contribution in [2.45, 2.75) is 39.3 Å². The number of urea groups is 1. The maximum atomic E-state index is 12.9. The zero-order chi connectivity index (χ0) is 18.0.